The van der Waals surface area contributed by atoms with E-state index in [2.05, 4.69) is 294 Å². The monoisotopic (exact) mass is 955 g/mol. The van der Waals surface area contributed by atoms with Gasteiger partial charge in [-0.1, -0.05) is 200 Å². The Morgan fingerprint density at radius 1 is 0.293 bits per heavy atom. The molecule has 3 aromatic heterocycles. The maximum absolute atomic E-state index is 5.61. The number of hydrogen-bond acceptors (Lipinski definition) is 1. The number of fused-ring (bicyclic) bond motifs is 6. The highest BCUT2D eigenvalue weighted by Gasteiger charge is 2.20. The van der Waals surface area contributed by atoms with Gasteiger partial charge in [0.1, 0.15) is 0 Å². The van der Waals surface area contributed by atoms with Crippen molar-refractivity contribution in [2.75, 3.05) is 0 Å². The first-order valence-corrected chi connectivity index (χ1v) is 25.8. The second-order valence-corrected chi connectivity index (χ2v) is 19.5. The molecule has 0 N–H and O–H groups in total. The van der Waals surface area contributed by atoms with E-state index in [1.807, 2.05) is 0 Å². The van der Waals surface area contributed by atoms with Crippen LogP contribution < -0.4 is 0 Å². The molecule has 1 aliphatic carbocycles. The molecule has 0 unspecified atom stereocenters. The zero-order valence-corrected chi connectivity index (χ0v) is 41.2. The van der Waals surface area contributed by atoms with Gasteiger partial charge in [-0.25, -0.2) is 4.98 Å². The van der Waals surface area contributed by atoms with Crippen LogP contribution in [0, 0.1) is 0 Å². The Morgan fingerprint density at radius 3 is 1.12 bits per heavy atom. The lowest BCUT2D eigenvalue weighted by Crippen LogP contribution is -1.99. The van der Waals surface area contributed by atoms with Crippen molar-refractivity contribution in [2.45, 2.75) is 6.42 Å². The van der Waals surface area contributed by atoms with Crippen LogP contribution in [-0.4, -0.2) is 14.1 Å². The zero-order chi connectivity index (χ0) is 49.7. The van der Waals surface area contributed by atoms with Crippen LogP contribution in [0.1, 0.15) is 12.1 Å². The molecule has 0 bridgehead atoms. The van der Waals surface area contributed by atoms with Gasteiger partial charge in [0.15, 0.2) is 0 Å². The first kappa shape index (κ1) is 43.9. The molecule has 0 fully saturated rings. The minimum absolute atomic E-state index is 0.732. The maximum atomic E-state index is 5.61. The summed E-state index contributed by atoms with van der Waals surface area (Å²) in [6.45, 7) is 0. The number of rotatable bonds is 9. The second kappa shape index (κ2) is 18.7. The third-order valence-corrected chi connectivity index (χ3v) is 14.9. The summed E-state index contributed by atoms with van der Waals surface area (Å²) < 4.78 is 4.86. The molecule has 14 rings (SSSR count). The fourth-order valence-corrected chi connectivity index (χ4v) is 11.3. The molecule has 0 radical (unpaired) electrons. The van der Waals surface area contributed by atoms with Gasteiger partial charge in [0.25, 0.3) is 0 Å². The van der Waals surface area contributed by atoms with Gasteiger partial charge in [0.05, 0.1) is 33.5 Å². The average Bonchev–Trinajstić information content (AvgIpc) is 3.87. The fourth-order valence-electron chi connectivity index (χ4n) is 11.3. The van der Waals surface area contributed by atoms with Crippen molar-refractivity contribution in [3.05, 3.63) is 291 Å². The quantitative estimate of drug-likeness (QED) is 0.141. The molecule has 13 aromatic rings. The molecule has 3 nitrogen and oxygen atoms in total. The average molecular weight is 956 g/mol. The van der Waals surface area contributed by atoms with Crippen LogP contribution in [0.25, 0.3) is 127 Å². The van der Waals surface area contributed by atoms with E-state index in [0.29, 0.717) is 0 Å². The van der Waals surface area contributed by atoms with Crippen LogP contribution in [0.2, 0.25) is 0 Å². The summed E-state index contributed by atoms with van der Waals surface area (Å²) in [5, 5.41) is 4.87. The first-order chi connectivity index (χ1) is 37.2. The second-order valence-electron chi connectivity index (χ2n) is 19.5. The summed E-state index contributed by atoms with van der Waals surface area (Å²) in [7, 11) is 0. The van der Waals surface area contributed by atoms with Gasteiger partial charge in [-0.15, -0.1) is 0 Å². The Morgan fingerprint density at radius 2 is 0.680 bits per heavy atom. The summed E-state index contributed by atoms with van der Waals surface area (Å²) in [6, 6.07) is 94.6. The molecular weight excluding hydrogens is 907 g/mol. The van der Waals surface area contributed by atoms with E-state index < -0.39 is 0 Å². The molecule has 0 aliphatic heterocycles. The molecular formula is C72H49N3. The number of allylic oxidation sites excluding steroid dienone is 6. The summed E-state index contributed by atoms with van der Waals surface area (Å²) in [5.74, 6) is 0. The Bertz CT molecular complexity index is 4190. The Hall–Kier alpha value is -9.83. The minimum Gasteiger partial charge on any atom is -0.309 e. The van der Waals surface area contributed by atoms with Crippen molar-refractivity contribution >= 4 is 54.9 Å². The van der Waals surface area contributed by atoms with Crippen LogP contribution in [0.15, 0.2) is 285 Å². The molecule has 3 heteroatoms. The number of benzene rings is 10. The van der Waals surface area contributed by atoms with Crippen molar-refractivity contribution in [1.82, 2.24) is 14.1 Å². The van der Waals surface area contributed by atoms with Crippen LogP contribution >= 0.6 is 0 Å². The normalized spacial score (nSPS) is 12.6. The predicted molar refractivity (Wildman–Crippen MR) is 317 cm³/mol. The highest BCUT2D eigenvalue weighted by Crippen LogP contribution is 2.41. The van der Waals surface area contributed by atoms with Crippen LogP contribution in [0.4, 0.5) is 0 Å². The number of nitrogens with zero attached hydrogens (tertiary/aromatic N) is 3. The van der Waals surface area contributed by atoms with Crippen molar-refractivity contribution in [1.29, 1.82) is 0 Å². The number of pyridine rings is 1. The summed E-state index contributed by atoms with van der Waals surface area (Å²) in [4.78, 5) is 5.61. The van der Waals surface area contributed by atoms with E-state index in [1.165, 1.54) is 66.1 Å². The van der Waals surface area contributed by atoms with E-state index in [9.17, 15) is 0 Å². The third-order valence-electron chi connectivity index (χ3n) is 14.9. The van der Waals surface area contributed by atoms with Gasteiger partial charge in [-0.3, -0.25) is 0 Å². The lowest BCUT2D eigenvalue weighted by molar-refractivity contribution is 1.17. The van der Waals surface area contributed by atoms with Crippen molar-refractivity contribution in [2.24, 2.45) is 0 Å². The van der Waals surface area contributed by atoms with E-state index in [-0.39, 0.29) is 0 Å². The lowest BCUT2D eigenvalue weighted by atomic mass is 9.98. The van der Waals surface area contributed by atoms with Crippen molar-refractivity contribution in [3.63, 3.8) is 0 Å². The minimum atomic E-state index is 0.732. The topological polar surface area (TPSA) is 22.8 Å². The molecule has 0 saturated carbocycles. The van der Waals surface area contributed by atoms with Gasteiger partial charge in [0.2, 0.25) is 0 Å². The van der Waals surface area contributed by atoms with E-state index in [4.69, 9.17) is 4.98 Å². The predicted octanol–water partition coefficient (Wildman–Crippen LogP) is 19.2. The molecule has 1 aliphatic rings. The molecule has 0 saturated heterocycles. The van der Waals surface area contributed by atoms with Gasteiger partial charge >= 0.3 is 0 Å². The van der Waals surface area contributed by atoms with Gasteiger partial charge in [-0.05, 0) is 153 Å². The largest absolute Gasteiger partial charge is 0.309 e. The summed E-state index contributed by atoms with van der Waals surface area (Å²) >= 11 is 0. The molecule has 3 heterocycles. The maximum Gasteiger partial charge on any atom is 0.0716 e. The highest BCUT2D eigenvalue weighted by molar-refractivity contribution is 6.14. The van der Waals surface area contributed by atoms with Gasteiger partial charge in [0, 0.05) is 38.5 Å². The fraction of sp³-hybridized carbons (Fsp3) is 0.0139. The van der Waals surface area contributed by atoms with E-state index in [0.717, 1.165) is 73.5 Å². The lowest BCUT2D eigenvalue weighted by Gasteiger charge is -2.15. The molecule has 75 heavy (non-hydrogen) atoms. The molecule has 0 amide bonds. The smallest absolute Gasteiger partial charge is 0.0716 e. The van der Waals surface area contributed by atoms with Crippen LogP contribution in [0.3, 0.4) is 0 Å². The van der Waals surface area contributed by atoms with Gasteiger partial charge < -0.3 is 9.13 Å². The highest BCUT2D eigenvalue weighted by atomic mass is 15.0. The van der Waals surface area contributed by atoms with Crippen LogP contribution in [-0.2, 0) is 0 Å². The molecule has 352 valence electrons. The van der Waals surface area contributed by atoms with E-state index in [1.54, 1.807) is 0 Å². The zero-order valence-electron chi connectivity index (χ0n) is 41.2. The first-order valence-electron chi connectivity index (χ1n) is 25.8. The third kappa shape index (κ3) is 8.08. The Balaban J connectivity index is 0.915. The van der Waals surface area contributed by atoms with Gasteiger partial charge in [-0.2, -0.15) is 0 Å². The summed E-state index contributed by atoms with van der Waals surface area (Å²) in [5.41, 5.74) is 22.8. The van der Waals surface area contributed by atoms with Crippen molar-refractivity contribution in [3.8, 4) is 72.6 Å². The van der Waals surface area contributed by atoms with Crippen molar-refractivity contribution < 1.29 is 0 Å². The number of aromatic nitrogens is 3. The number of hydrogen-bond donors (Lipinski definition) is 0. The Labute approximate surface area is 436 Å². The van der Waals surface area contributed by atoms with E-state index >= 15 is 0 Å². The SMILES string of the molecule is C1=CCC(c2cc(-c3ccccc3)cc(-c3cccc(-n4c5ccc(-c6ccccc6)cc5c5cc(-c6ccccc6)ccc54)c3)n2)=CC(n2c3ccc(-c4ccccc4)cc3c3cc(-c4ccccc4)ccc32)=C1. The summed E-state index contributed by atoms with van der Waals surface area (Å²) in [6.07, 6.45) is 9.81. The Kier molecular flexibility index (Phi) is 10.9. The standard InChI is InChI=1S/C72H49N3/c1-6-19-49(20-7-1)54-33-37-69-63(43-54)64-44-55(50-21-8-2-9-22-50)34-38-70(64)74(69)61-31-17-16-29-58(41-61)67-47-60(53-27-14-5-15-28-53)48-68(73-67)59-30-18-32-62(42-59)75-71-39-35-56(51-23-10-3-11-24-51)45-65(71)66-46-57(36-40-72(66)75)52-25-12-4-13-26-52/h1-28,30-48H,29H2. The molecule has 0 spiro atoms. The van der Waals surface area contributed by atoms with Crippen LogP contribution in [0.5, 0.6) is 0 Å². The molecule has 0 atom stereocenters. The molecule has 10 aromatic carbocycles.